The maximum absolute atomic E-state index is 12.1. The summed E-state index contributed by atoms with van der Waals surface area (Å²) in [6.07, 6.45) is 0.875. The minimum absolute atomic E-state index is 0.0207. The molecule has 6 heteroatoms. The first-order valence-electron chi connectivity index (χ1n) is 7.75. The average Bonchev–Trinajstić information content (AvgIpc) is 2.54. The van der Waals surface area contributed by atoms with Crippen molar-refractivity contribution in [3.8, 4) is 11.5 Å². The predicted molar refractivity (Wildman–Crippen MR) is 81.5 cm³/mol. The van der Waals surface area contributed by atoms with E-state index in [4.69, 9.17) is 14.2 Å². The van der Waals surface area contributed by atoms with Crippen LogP contribution in [0.25, 0.3) is 0 Å². The average molecular weight is 306 g/mol. The highest BCUT2D eigenvalue weighted by atomic mass is 16.6. The van der Waals surface area contributed by atoms with Crippen molar-refractivity contribution >= 4 is 6.03 Å². The minimum atomic E-state index is -0.0207. The molecule has 0 radical (unpaired) electrons. The third kappa shape index (κ3) is 3.62. The van der Waals surface area contributed by atoms with Crippen molar-refractivity contribution in [3.63, 3.8) is 0 Å². The van der Waals surface area contributed by atoms with E-state index >= 15 is 0 Å². The molecular formula is C16H22N2O4. The lowest BCUT2D eigenvalue weighted by Gasteiger charge is -2.31. The number of fused-ring (bicyclic) bond motifs is 1. The Labute approximate surface area is 130 Å². The lowest BCUT2D eigenvalue weighted by atomic mass is 10.1. The van der Waals surface area contributed by atoms with Crippen LogP contribution in [0.15, 0.2) is 18.2 Å². The molecule has 0 saturated carbocycles. The molecule has 120 valence electrons. The second kappa shape index (κ2) is 6.87. The van der Waals surface area contributed by atoms with Crippen molar-refractivity contribution < 1.29 is 19.0 Å². The predicted octanol–water partition coefficient (Wildman–Crippen LogP) is 1.43. The highest BCUT2D eigenvalue weighted by Gasteiger charge is 2.20. The van der Waals surface area contributed by atoms with Gasteiger partial charge in [0.25, 0.3) is 0 Å². The molecule has 1 fully saturated rings. The summed E-state index contributed by atoms with van der Waals surface area (Å²) in [6.45, 7) is 5.68. The number of rotatable bonds is 3. The molecule has 1 atom stereocenters. The van der Waals surface area contributed by atoms with Crippen molar-refractivity contribution in [1.82, 2.24) is 10.2 Å². The van der Waals surface area contributed by atoms with Crippen LogP contribution in [0.1, 0.15) is 12.5 Å². The van der Waals surface area contributed by atoms with E-state index in [1.807, 2.05) is 25.1 Å². The van der Waals surface area contributed by atoms with Crippen LogP contribution in [-0.4, -0.2) is 56.5 Å². The highest BCUT2D eigenvalue weighted by molar-refractivity contribution is 5.74. The van der Waals surface area contributed by atoms with Crippen LogP contribution in [-0.2, 0) is 11.2 Å². The Balaban J connectivity index is 1.47. The van der Waals surface area contributed by atoms with Crippen molar-refractivity contribution in [1.29, 1.82) is 0 Å². The van der Waals surface area contributed by atoms with Gasteiger partial charge in [-0.3, -0.25) is 0 Å². The van der Waals surface area contributed by atoms with E-state index in [2.05, 4.69) is 5.32 Å². The fourth-order valence-corrected chi connectivity index (χ4v) is 2.67. The summed E-state index contributed by atoms with van der Waals surface area (Å²) >= 11 is 0. The number of urea groups is 1. The Morgan fingerprint density at radius 2 is 2.09 bits per heavy atom. The van der Waals surface area contributed by atoms with Gasteiger partial charge < -0.3 is 24.4 Å². The Morgan fingerprint density at radius 1 is 1.27 bits per heavy atom. The van der Waals surface area contributed by atoms with Gasteiger partial charge in [0.1, 0.15) is 13.2 Å². The van der Waals surface area contributed by atoms with Crippen molar-refractivity contribution in [2.75, 3.05) is 39.5 Å². The number of nitrogens with one attached hydrogen (secondary N) is 1. The van der Waals surface area contributed by atoms with Crippen LogP contribution >= 0.6 is 0 Å². The zero-order valence-corrected chi connectivity index (χ0v) is 12.8. The number of amides is 2. The lowest BCUT2D eigenvalue weighted by Crippen LogP contribution is -2.49. The smallest absolute Gasteiger partial charge is 0.317 e. The number of morpholine rings is 1. The fraction of sp³-hybridized carbons (Fsp3) is 0.562. The quantitative estimate of drug-likeness (QED) is 0.918. The molecule has 6 nitrogen and oxygen atoms in total. The van der Waals surface area contributed by atoms with Crippen LogP contribution in [0, 0.1) is 0 Å². The number of carbonyl (C=O) groups is 1. The van der Waals surface area contributed by atoms with Gasteiger partial charge in [-0.05, 0) is 31.0 Å². The third-order valence-electron chi connectivity index (χ3n) is 3.82. The maximum atomic E-state index is 12.1. The summed E-state index contributed by atoms with van der Waals surface area (Å²) in [5, 5.41) is 2.96. The lowest BCUT2D eigenvalue weighted by molar-refractivity contribution is -0.00342. The van der Waals surface area contributed by atoms with E-state index in [0.29, 0.717) is 39.5 Å². The molecule has 22 heavy (non-hydrogen) atoms. The summed E-state index contributed by atoms with van der Waals surface area (Å²) < 4.78 is 16.5. The van der Waals surface area contributed by atoms with Crippen molar-refractivity contribution in [3.05, 3.63) is 23.8 Å². The SMILES string of the molecule is C[C@@H]1CN(C(=O)NCCc2ccc3c(c2)OCCO3)CCO1. The first-order chi connectivity index (χ1) is 10.7. The molecule has 1 saturated heterocycles. The summed E-state index contributed by atoms with van der Waals surface area (Å²) in [5.41, 5.74) is 1.12. The molecule has 0 bridgehead atoms. The van der Waals surface area contributed by atoms with Gasteiger partial charge in [-0.25, -0.2) is 4.79 Å². The van der Waals surface area contributed by atoms with Gasteiger partial charge in [0.05, 0.1) is 12.7 Å². The first-order valence-corrected chi connectivity index (χ1v) is 7.75. The topological polar surface area (TPSA) is 60.0 Å². The Morgan fingerprint density at radius 3 is 2.91 bits per heavy atom. The number of benzene rings is 1. The Hall–Kier alpha value is -1.95. The number of nitrogens with zero attached hydrogens (tertiary/aromatic N) is 1. The summed E-state index contributed by atoms with van der Waals surface area (Å²) in [7, 11) is 0. The monoisotopic (exact) mass is 306 g/mol. The van der Waals surface area contributed by atoms with E-state index < -0.39 is 0 Å². The van der Waals surface area contributed by atoms with Gasteiger partial charge in [0, 0.05) is 19.6 Å². The van der Waals surface area contributed by atoms with Crippen LogP contribution < -0.4 is 14.8 Å². The summed E-state index contributed by atoms with van der Waals surface area (Å²) in [5.74, 6) is 1.58. The molecule has 2 aliphatic heterocycles. The summed E-state index contributed by atoms with van der Waals surface area (Å²) in [6, 6.07) is 5.90. The molecule has 1 aromatic rings. The summed E-state index contributed by atoms with van der Waals surface area (Å²) in [4.78, 5) is 13.9. The van der Waals surface area contributed by atoms with Gasteiger partial charge in [-0.1, -0.05) is 6.07 Å². The van der Waals surface area contributed by atoms with Crippen molar-refractivity contribution in [2.24, 2.45) is 0 Å². The third-order valence-corrected chi connectivity index (χ3v) is 3.82. The van der Waals surface area contributed by atoms with Crippen molar-refractivity contribution in [2.45, 2.75) is 19.4 Å². The molecule has 0 spiro atoms. The van der Waals surface area contributed by atoms with Crippen LogP contribution in [0.4, 0.5) is 4.79 Å². The number of hydrogen-bond donors (Lipinski definition) is 1. The van der Waals surface area contributed by atoms with E-state index in [0.717, 1.165) is 23.5 Å². The maximum Gasteiger partial charge on any atom is 0.317 e. The van der Waals surface area contributed by atoms with E-state index in [1.54, 1.807) is 4.90 Å². The highest BCUT2D eigenvalue weighted by Crippen LogP contribution is 2.30. The standard InChI is InChI=1S/C16H22N2O4/c1-12-11-18(6-7-20-12)16(19)17-5-4-13-2-3-14-15(10-13)22-9-8-21-14/h2-3,10,12H,4-9,11H2,1H3,(H,17,19)/t12-/m1/s1. The molecule has 2 aliphatic rings. The zero-order valence-electron chi connectivity index (χ0n) is 12.8. The molecule has 0 aliphatic carbocycles. The Bertz CT molecular complexity index is 535. The fourth-order valence-electron chi connectivity index (χ4n) is 2.67. The number of carbonyl (C=O) groups excluding carboxylic acids is 1. The van der Waals surface area contributed by atoms with Gasteiger partial charge in [0.2, 0.25) is 0 Å². The largest absolute Gasteiger partial charge is 0.486 e. The molecule has 1 aromatic carbocycles. The van der Waals surface area contributed by atoms with Gasteiger partial charge in [-0.15, -0.1) is 0 Å². The molecular weight excluding hydrogens is 284 g/mol. The van der Waals surface area contributed by atoms with Crippen LogP contribution in [0.5, 0.6) is 11.5 Å². The normalized spacial score (nSPS) is 20.6. The molecule has 3 rings (SSSR count). The van der Waals surface area contributed by atoms with Gasteiger partial charge in [-0.2, -0.15) is 0 Å². The van der Waals surface area contributed by atoms with Gasteiger partial charge >= 0.3 is 6.03 Å². The van der Waals surface area contributed by atoms with E-state index in [1.165, 1.54) is 0 Å². The molecule has 0 unspecified atom stereocenters. The zero-order chi connectivity index (χ0) is 15.4. The second-order valence-electron chi connectivity index (χ2n) is 5.59. The molecule has 1 N–H and O–H groups in total. The van der Waals surface area contributed by atoms with E-state index in [-0.39, 0.29) is 12.1 Å². The molecule has 2 amide bonds. The van der Waals surface area contributed by atoms with Crippen LogP contribution in [0.2, 0.25) is 0 Å². The van der Waals surface area contributed by atoms with E-state index in [9.17, 15) is 4.79 Å². The Kier molecular flexibility index (Phi) is 4.68. The van der Waals surface area contributed by atoms with Crippen LogP contribution in [0.3, 0.4) is 0 Å². The first kappa shape index (κ1) is 15.0. The van der Waals surface area contributed by atoms with Gasteiger partial charge in [0.15, 0.2) is 11.5 Å². The minimum Gasteiger partial charge on any atom is -0.486 e. The molecule has 0 aromatic heterocycles. The molecule has 2 heterocycles. The number of hydrogen-bond acceptors (Lipinski definition) is 4. The second-order valence-corrected chi connectivity index (χ2v) is 5.59. The number of ether oxygens (including phenoxy) is 3.